The molecule has 0 bridgehead atoms. The van der Waals surface area contributed by atoms with E-state index in [1.165, 1.54) is 0 Å². The van der Waals surface area contributed by atoms with Crippen LogP contribution in [0.2, 0.25) is 5.02 Å². The number of alkyl halides is 1. The second kappa shape index (κ2) is 8.14. The molecule has 4 heterocycles. The highest BCUT2D eigenvalue weighted by atomic mass is 35.5. The number of rotatable bonds is 5. The van der Waals surface area contributed by atoms with Crippen molar-refractivity contribution < 1.29 is 9.18 Å². The van der Waals surface area contributed by atoms with Crippen LogP contribution in [0, 0.1) is 0 Å². The maximum atomic E-state index is 13.4. The Labute approximate surface area is 188 Å². The second-order valence-corrected chi connectivity index (χ2v) is 8.74. The number of likely N-dealkylation sites (tertiary alicyclic amines) is 1. The number of halogens is 2. The van der Waals surface area contributed by atoms with Gasteiger partial charge >= 0.3 is 0 Å². The molecule has 166 valence electrons. The summed E-state index contributed by atoms with van der Waals surface area (Å²) >= 11 is 6.13. The number of carbonyl (C=O) groups excluding carboxylic acids is 1. The van der Waals surface area contributed by atoms with Gasteiger partial charge in [-0.3, -0.25) is 14.4 Å². The fraction of sp³-hybridized carbons (Fsp3) is 0.364. The van der Waals surface area contributed by atoms with Gasteiger partial charge in [0.15, 0.2) is 5.65 Å². The van der Waals surface area contributed by atoms with E-state index >= 15 is 0 Å². The van der Waals surface area contributed by atoms with Crippen molar-refractivity contribution in [1.29, 1.82) is 0 Å². The number of fused-ring (bicyclic) bond motifs is 2. The summed E-state index contributed by atoms with van der Waals surface area (Å²) in [7, 11) is 1.84. The average molecular weight is 456 g/mol. The summed E-state index contributed by atoms with van der Waals surface area (Å²) in [6.45, 7) is 3.66. The van der Waals surface area contributed by atoms with Gasteiger partial charge in [-0.15, -0.1) is 0 Å². The third-order valence-corrected chi connectivity index (χ3v) is 6.04. The first kappa shape index (κ1) is 20.8. The van der Waals surface area contributed by atoms with E-state index in [2.05, 4.69) is 20.4 Å². The standard InChI is InChI=1S/C22H23ClFN7O/c1-12(10-31-6-5-14(24)11-31)27-22(32)16-8-25-21-20(16)28-17(9-26-21)19-15-4-3-13(23)7-18(15)30(2)29-19/h3-4,7-9,12,14H,5-6,10-11H2,1-2H3,(H,25,26)(H,27,32). The lowest BCUT2D eigenvalue weighted by Gasteiger charge is -2.21. The predicted octanol–water partition coefficient (Wildman–Crippen LogP) is 3.33. The van der Waals surface area contributed by atoms with Gasteiger partial charge in [-0.2, -0.15) is 5.10 Å². The van der Waals surface area contributed by atoms with Crippen molar-refractivity contribution in [3.8, 4) is 11.4 Å². The van der Waals surface area contributed by atoms with Crippen molar-refractivity contribution in [3.05, 3.63) is 41.2 Å². The van der Waals surface area contributed by atoms with Crippen molar-refractivity contribution in [3.63, 3.8) is 0 Å². The van der Waals surface area contributed by atoms with Gasteiger partial charge in [0.25, 0.3) is 5.91 Å². The quantitative estimate of drug-likeness (QED) is 0.481. The van der Waals surface area contributed by atoms with Crippen molar-refractivity contribution in [2.75, 3.05) is 19.6 Å². The van der Waals surface area contributed by atoms with Gasteiger partial charge in [-0.1, -0.05) is 11.6 Å². The Bertz CT molecular complexity index is 1320. The lowest BCUT2D eigenvalue weighted by atomic mass is 10.1. The van der Waals surface area contributed by atoms with E-state index < -0.39 is 6.17 Å². The number of aromatic amines is 1. The molecule has 8 nitrogen and oxygen atoms in total. The summed E-state index contributed by atoms with van der Waals surface area (Å²) in [6.07, 6.45) is 3.02. The van der Waals surface area contributed by atoms with E-state index in [4.69, 9.17) is 16.6 Å². The minimum Gasteiger partial charge on any atom is -0.348 e. The first-order chi connectivity index (χ1) is 15.4. The number of nitrogens with one attached hydrogen (secondary N) is 2. The number of amides is 1. The van der Waals surface area contributed by atoms with Crippen LogP contribution in [0.4, 0.5) is 4.39 Å². The molecular weight excluding hydrogens is 433 g/mol. The van der Waals surface area contributed by atoms with Gasteiger partial charge in [0.05, 0.1) is 17.3 Å². The number of benzene rings is 1. The molecule has 0 radical (unpaired) electrons. The number of H-pyrrole nitrogens is 1. The Morgan fingerprint density at radius 3 is 3.06 bits per heavy atom. The maximum Gasteiger partial charge on any atom is 0.255 e. The van der Waals surface area contributed by atoms with E-state index in [-0.39, 0.29) is 11.9 Å². The zero-order chi connectivity index (χ0) is 22.4. The highest BCUT2D eigenvalue weighted by Gasteiger charge is 2.24. The average Bonchev–Trinajstić information content (AvgIpc) is 3.45. The molecule has 1 amide bonds. The zero-order valence-electron chi connectivity index (χ0n) is 17.8. The van der Waals surface area contributed by atoms with Crippen LogP contribution in [0.3, 0.4) is 0 Å². The van der Waals surface area contributed by atoms with E-state index in [1.54, 1.807) is 17.1 Å². The number of carbonyl (C=O) groups is 1. The third kappa shape index (κ3) is 3.82. The molecule has 0 saturated carbocycles. The van der Waals surface area contributed by atoms with Crippen LogP contribution in [0.25, 0.3) is 33.5 Å². The summed E-state index contributed by atoms with van der Waals surface area (Å²) in [5, 5.41) is 9.11. The largest absolute Gasteiger partial charge is 0.348 e. The zero-order valence-corrected chi connectivity index (χ0v) is 18.5. The minimum absolute atomic E-state index is 0.127. The predicted molar refractivity (Wildman–Crippen MR) is 121 cm³/mol. The van der Waals surface area contributed by atoms with Crippen LogP contribution in [-0.4, -0.2) is 67.4 Å². The first-order valence-corrected chi connectivity index (χ1v) is 10.9. The van der Waals surface area contributed by atoms with Crippen LogP contribution in [0.15, 0.2) is 30.6 Å². The van der Waals surface area contributed by atoms with Crippen molar-refractivity contribution >= 4 is 39.6 Å². The normalized spacial score (nSPS) is 17.9. The van der Waals surface area contributed by atoms with E-state index in [0.29, 0.717) is 59.2 Å². The van der Waals surface area contributed by atoms with Crippen LogP contribution >= 0.6 is 11.6 Å². The molecule has 10 heteroatoms. The summed E-state index contributed by atoms with van der Waals surface area (Å²) in [5.74, 6) is -0.246. The molecule has 4 aromatic rings. The van der Waals surface area contributed by atoms with E-state index in [9.17, 15) is 9.18 Å². The molecule has 1 saturated heterocycles. The van der Waals surface area contributed by atoms with Crippen molar-refractivity contribution in [2.24, 2.45) is 7.05 Å². The van der Waals surface area contributed by atoms with E-state index in [0.717, 1.165) is 10.9 Å². The Morgan fingerprint density at radius 1 is 1.44 bits per heavy atom. The first-order valence-electron chi connectivity index (χ1n) is 10.5. The van der Waals surface area contributed by atoms with Gasteiger partial charge < -0.3 is 10.3 Å². The summed E-state index contributed by atoms with van der Waals surface area (Å²) in [5.41, 5.74) is 3.53. The lowest BCUT2D eigenvalue weighted by Crippen LogP contribution is -2.41. The smallest absolute Gasteiger partial charge is 0.255 e. The Kier molecular flexibility index (Phi) is 5.30. The highest BCUT2D eigenvalue weighted by molar-refractivity contribution is 6.31. The monoisotopic (exact) mass is 455 g/mol. The molecule has 0 spiro atoms. The maximum absolute atomic E-state index is 13.4. The molecule has 1 aliphatic heterocycles. The van der Waals surface area contributed by atoms with Crippen LogP contribution in [0.1, 0.15) is 23.7 Å². The highest BCUT2D eigenvalue weighted by Crippen LogP contribution is 2.29. The number of aryl methyl sites for hydroxylation is 1. The van der Waals surface area contributed by atoms with E-state index in [1.807, 2.05) is 37.1 Å². The van der Waals surface area contributed by atoms with Gasteiger partial charge in [0.2, 0.25) is 0 Å². The fourth-order valence-electron chi connectivity index (χ4n) is 4.28. The molecule has 5 rings (SSSR count). The fourth-order valence-corrected chi connectivity index (χ4v) is 4.45. The molecular formula is C22H23ClFN7O. The van der Waals surface area contributed by atoms with Crippen molar-refractivity contribution in [1.82, 2.24) is 34.9 Å². The summed E-state index contributed by atoms with van der Waals surface area (Å²) < 4.78 is 15.2. The molecule has 0 aliphatic carbocycles. The topological polar surface area (TPSA) is 91.7 Å². The van der Waals surface area contributed by atoms with Gasteiger partial charge in [-0.05, 0) is 31.5 Å². The lowest BCUT2D eigenvalue weighted by molar-refractivity contribution is 0.0933. The number of nitrogens with zero attached hydrogens (tertiary/aromatic N) is 5. The molecule has 3 aromatic heterocycles. The molecule has 32 heavy (non-hydrogen) atoms. The number of hydrogen-bond donors (Lipinski definition) is 2. The molecule has 1 aromatic carbocycles. The SMILES string of the molecule is CC(CN1CCC(F)C1)NC(=O)c1c[nH]c2ncc(-c3nn(C)c4cc(Cl)ccc34)nc12. The van der Waals surface area contributed by atoms with Gasteiger partial charge in [0.1, 0.15) is 23.1 Å². The van der Waals surface area contributed by atoms with Gasteiger partial charge in [0, 0.05) is 49.3 Å². The second-order valence-electron chi connectivity index (χ2n) is 8.31. The Balaban J connectivity index is 1.42. The number of hydrogen-bond acceptors (Lipinski definition) is 5. The molecule has 2 unspecified atom stereocenters. The minimum atomic E-state index is -0.779. The Morgan fingerprint density at radius 2 is 2.28 bits per heavy atom. The third-order valence-electron chi connectivity index (χ3n) is 5.81. The Hall–Kier alpha value is -3.04. The molecule has 1 aliphatic rings. The molecule has 1 fully saturated rings. The van der Waals surface area contributed by atoms with Crippen LogP contribution < -0.4 is 5.32 Å². The van der Waals surface area contributed by atoms with Crippen LogP contribution in [0.5, 0.6) is 0 Å². The van der Waals surface area contributed by atoms with Crippen molar-refractivity contribution in [2.45, 2.75) is 25.6 Å². The molecule has 2 N–H and O–H groups in total. The van der Waals surface area contributed by atoms with Crippen LogP contribution in [-0.2, 0) is 7.05 Å². The molecule has 2 atom stereocenters. The number of aromatic nitrogens is 5. The summed E-state index contributed by atoms with van der Waals surface area (Å²) in [6, 6.07) is 5.43. The van der Waals surface area contributed by atoms with Gasteiger partial charge in [-0.25, -0.2) is 14.4 Å². The summed E-state index contributed by atoms with van der Waals surface area (Å²) in [4.78, 5) is 27.1.